The molecular formula is C18H33N3O6SSi. The average Bonchev–Trinajstić information content (AvgIpc) is 2.57. The fourth-order valence-electron chi connectivity index (χ4n) is 2.68. The molecule has 0 aromatic carbocycles. The van der Waals surface area contributed by atoms with E-state index in [4.69, 9.17) is 24.2 Å². The van der Waals surface area contributed by atoms with Gasteiger partial charge in [-0.2, -0.15) is 0 Å². The van der Waals surface area contributed by atoms with Crippen molar-refractivity contribution in [1.29, 1.82) is 0 Å². The number of ether oxygens (including phenoxy) is 3. The molecule has 5 atom stereocenters. The molecule has 0 saturated carbocycles. The Morgan fingerprint density at radius 3 is 2.17 bits per heavy atom. The first-order valence-electron chi connectivity index (χ1n) is 9.63. The lowest BCUT2D eigenvalue weighted by Crippen LogP contribution is -2.60. The fourth-order valence-corrected chi connectivity index (χ4v) is 4.65. The van der Waals surface area contributed by atoms with Crippen LogP contribution in [0.4, 0.5) is 0 Å². The highest BCUT2D eigenvalue weighted by atomic mass is 32.2. The summed E-state index contributed by atoms with van der Waals surface area (Å²) >= 11 is 1.43. The smallest absolute Gasteiger partial charge is 0.303 e. The normalized spacial score (nSPS) is 27.7. The lowest BCUT2D eigenvalue weighted by molar-refractivity contribution is -0.205. The van der Waals surface area contributed by atoms with Crippen LogP contribution in [-0.2, 0) is 28.2 Å². The number of carbonyl (C=O) groups is 2. The Kier molecular flexibility index (Phi) is 9.48. The van der Waals surface area contributed by atoms with Gasteiger partial charge in [-0.15, -0.1) is 11.8 Å². The van der Waals surface area contributed by atoms with Crippen molar-refractivity contribution in [2.75, 3.05) is 12.4 Å². The van der Waals surface area contributed by atoms with E-state index in [1.54, 1.807) is 0 Å². The van der Waals surface area contributed by atoms with Crippen LogP contribution in [-0.4, -0.2) is 62.4 Å². The number of hydrogen-bond donors (Lipinski definition) is 0. The monoisotopic (exact) mass is 447 g/mol. The Morgan fingerprint density at radius 2 is 1.72 bits per heavy atom. The van der Waals surface area contributed by atoms with Gasteiger partial charge in [-0.05, 0) is 29.4 Å². The number of azide groups is 1. The summed E-state index contributed by atoms with van der Waals surface area (Å²) in [5.74, 6) is -0.408. The fraction of sp³-hybridized carbons (Fsp3) is 0.889. The third-order valence-electron chi connectivity index (χ3n) is 5.15. The highest BCUT2D eigenvalue weighted by molar-refractivity contribution is 7.99. The van der Waals surface area contributed by atoms with E-state index < -0.39 is 50.0 Å². The van der Waals surface area contributed by atoms with Gasteiger partial charge in [0.25, 0.3) is 0 Å². The predicted molar refractivity (Wildman–Crippen MR) is 114 cm³/mol. The second-order valence-electron chi connectivity index (χ2n) is 8.41. The third kappa shape index (κ3) is 7.18. The van der Waals surface area contributed by atoms with Gasteiger partial charge < -0.3 is 18.6 Å². The molecule has 0 aromatic heterocycles. The van der Waals surface area contributed by atoms with E-state index in [0.29, 0.717) is 5.75 Å². The van der Waals surface area contributed by atoms with Crippen LogP contribution in [0, 0.1) is 0 Å². The molecule has 0 radical (unpaired) electrons. The topological polar surface area (TPSA) is 120 Å². The molecule has 11 heteroatoms. The summed E-state index contributed by atoms with van der Waals surface area (Å²) in [5.41, 5.74) is 8.46. The molecule has 0 amide bonds. The molecule has 0 bridgehead atoms. The van der Waals surface area contributed by atoms with Gasteiger partial charge in [0, 0.05) is 18.8 Å². The second kappa shape index (κ2) is 10.7. The van der Waals surface area contributed by atoms with Crippen molar-refractivity contribution < 1.29 is 28.2 Å². The van der Waals surface area contributed by atoms with Crippen LogP contribution in [0.5, 0.6) is 0 Å². The first kappa shape index (κ1) is 25.8. The van der Waals surface area contributed by atoms with Crippen molar-refractivity contribution in [3.05, 3.63) is 10.4 Å². The summed E-state index contributed by atoms with van der Waals surface area (Å²) < 4.78 is 23.4. The van der Waals surface area contributed by atoms with E-state index in [-0.39, 0.29) is 11.6 Å². The Bertz CT molecular complexity index is 636. The molecule has 0 spiro atoms. The lowest BCUT2D eigenvalue weighted by Gasteiger charge is -2.45. The van der Waals surface area contributed by atoms with Gasteiger partial charge >= 0.3 is 11.9 Å². The van der Waals surface area contributed by atoms with Crippen LogP contribution in [0.2, 0.25) is 18.1 Å². The molecule has 166 valence electrons. The minimum Gasteiger partial charge on any atom is -0.458 e. The Hall–Kier alpha value is -1.26. The number of nitrogens with zero attached hydrogens (tertiary/aromatic N) is 3. The number of carbonyl (C=O) groups excluding carboxylic acids is 2. The SMILES string of the molecule is CCS[C@H]1O[C@H](CO[Si](C)(C)C(C)(C)C)[C@@H](OC(C)=O)[C@H](OC(C)=O)[C@@H]1N=[N+]=[N-]. The molecule has 0 aliphatic carbocycles. The largest absolute Gasteiger partial charge is 0.458 e. The number of thioether (sulfide) groups is 1. The number of rotatable bonds is 8. The average molecular weight is 448 g/mol. The molecule has 9 nitrogen and oxygen atoms in total. The van der Waals surface area contributed by atoms with Crippen molar-refractivity contribution in [1.82, 2.24) is 0 Å². The van der Waals surface area contributed by atoms with Gasteiger partial charge in [0.15, 0.2) is 20.5 Å². The Balaban J connectivity index is 3.26. The zero-order chi connectivity index (χ0) is 22.4. The molecule has 29 heavy (non-hydrogen) atoms. The molecule has 0 unspecified atom stereocenters. The van der Waals surface area contributed by atoms with Gasteiger partial charge in [-0.25, -0.2) is 0 Å². The minimum atomic E-state index is -2.10. The second-order valence-corrected chi connectivity index (χ2v) is 14.6. The Labute approximate surface area is 177 Å². The summed E-state index contributed by atoms with van der Waals surface area (Å²) in [5, 5.41) is 3.78. The molecule has 1 fully saturated rings. The van der Waals surface area contributed by atoms with E-state index >= 15 is 0 Å². The van der Waals surface area contributed by atoms with Crippen molar-refractivity contribution in [3.8, 4) is 0 Å². The lowest BCUT2D eigenvalue weighted by atomic mass is 9.98. The molecule has 1 saturated heterocycles. The van der Waals surface area contributed by atoms with Crippen LogP contribution < -0.4 is 0 Å². The van der Waals surface area contributed by atoms with Gasteiger partial charge in [-0.1, -0.05) is 32.8 Å². The van der Waals surface area contributed by atoms with E-state index in [9.17, 15) is 9.59 Å². The summed E-state index contributed by atoms with van der Waals surface area (Å²) in [4.78, 5) is 26.4. The quantitative estimate of drug-likeness (QED) is 0.181. The molecule has 0 N–H and O–H groups in total. The van der Waals surface area contributed by atoms with Crippen molar-refractivity contribution >= 4 is 32.0 Å². The van der Waals surface area contributed by atoms with Crippen molar-refractivity contribution in [2.24, 2.45) is 5.11 Å². The summed E-state index contributed by atoms with van der Waals surface area (Å²) in [6, 6.07) is -0.831. The molecular weight excluding hydrogens is 414 g/mol. The maximum atomic E-state index is 11.8. The van der Waals surface area contributed by atoms with Crippen molar-refractivity contribution in [2.45, 2.75) is 89.5 Å². The van der Waals surface area contributed by atoms with Gasteiger partial charge in [-0.3, -0.25) is 9.59 Å². The van der Waals surface area contributed by atoms with Crippen LogP contribution in [0.15, 0.2) is 5.11 Å². The number of esters is 2. The highest BCUT2D eigenvalue weighted by Gasteiger charge is 2.50. The van der Waals surface area contributed by atoms with Crippen LogP contribution in [0.3, 0.4) is 0 Å². The molecule has 1 aliphatic heterocycles. The van der Waals surface area contributed by atoms with Crippen LogP contribution in [0.1, 0.15) is 41.5 Å². The zero-order valence-electron chi connectivity index (χ0n) is 18.5. The molecule has 1 rings (SSSR count). The van der Waals surface area contributed by atoms with E-state index in [1.807, 2.05) is 6.92 Å². The maximum Gasteiger partial charge on any atom is 0.303 e. The number of hydrogen-bond acceptors (Lipinski definition) is 8. The molecule has 1 aliphatic rings. The summed E-state index contributed by atoms with van der Waals surface area (Å²) in [6.45, 7) is 15.3. The molecule has 1 heterocycles. The molecule has 0 aromatic rings. The summed E-state index contributed by atoms with van der Waals surface area (Å²) in [7, 11) is -2.10. The first-order valence-corrected chi connectivity index (χ1v) is 13.6. The van der Waals surface area contributed by atoms with Crippen LogP contribution >= 0.6 is 11.8 Å². The zero-order valence-corrected chi connectivity index (χ0v) is 20.3. The minimum absolute atomic E-state index is 0.0148. The summed E-state index contributed by atoms with van der Waals surface area (Å²) in [6.07, 6.45) is -2.56. The first-order chi connectivity index (χ1) is 13.3. The van der Waals surface area contributed by atoms with E-state index in [0.717, 1.165) is 0 Å². The van der Waals surface area contributed by atoms with Crippen LogP contribution in [0.25, 0.3) is 10.4 Å². The van der Waals surface area contributed by atoms with Crippen molar-refractivity contribution in [3.63, 3.8) is 0 Å². The Morgan fingerprint density at radius 1 is 1.17 bits per heavy atom. The van der Waals surface area contributed by atoms with E-state index in [1.165, 1.54) is 25.6 Å². The third-order valence-corrected chi connectivity index (χ3v) is 10.7. The van der Waals surface area contributed by atoms with Gasteiger partial charge in [0.05, 0.1) is 6.61 Å². The van der Waals surface area contributed by atoms with Gasteiger partial charge in [0.2, 0.25) is 0 Å². The van der Waals surface area contributed by atoms with Gasteiger partial charge in [0.1, 0.15) is 17.6 Å². The maximum absolute atomic E-state index is 11.8. The standard InChI is InChI=1S/C18H33N3O6SSi/c1-9-28-17-14(20-21-19)16(26-12(3)23)15(25-11(2)22)13(27-17)10-24-29(7,8)18(4,5)6/h13-17H,9-10H2,1-8H3/t13-,14+,15-,16-,17-/m1/s1. The predicted octanol–water partition coefficient (Wildman–Crippen LogP) is 4.03. The van der Waals surface area contributed by atoms with E-state index in [2.05, 4.69) is 43.9 Å². The highest BCUT2D eigenvalue weighted by Crippen LogP contribution is 2.38.